The van der Waals surface area contributed by atoms with Gasteiger partial charge in [-0.3, -0.25) is 9.59 Å². The largest absolute Gasteiger partial charge is 0.475 e. The summed E-state index contributed by atoms with van der Waals surface area (Å²) in [6.45, 7) is 3.94. The summed E-state index contributed by atoms with van der Waals surface area (Å²) >= 11 is 0. The number of carboxylic acids is 1. The van der Waals surface area contributed by atoms with Gasteiger partial charge >= 0.3 is 5.97 Å². The monoisotopic (exact) mass is 269 g/mol. The highest BCUT2D eigenvalue weighted by Gasteiger charge is 2.20. The van der Waals surface area contributed by atoms with Crippen LogP contribution in [0.25, 0.3) is 0 Å². The summed E-state index contributed by atoms with van der Waals surface area (Å²) in [5.74, 6) is -2.75. The summed E-state index contributed by atoms with van der Waals surface area (Å²) in [5, 5.41) is 16.9. The van der Waals surface area contributed by atoms with Crippen LogP contribution in [-0.2, 0) is 4.79 Å². The van der Waals surface area contributed by atoms with Crippen molar-refractivity contribution in [3.05, 3.63) is 17.5 Å². The molecule has 0 radical (unpaired) electrons. The molecular weight excluding hydrogens is 254 g/mol. The molecule has 1 aromatic rings. The van der Waals surface area contributed by atoms with Crippen molar-refractivity contribution in [1.29, 1.82) is 0 Å². The molecule has 0 aliphatic rings. The number of nitrogens with zero attached hydrogens (tertiary/aromatic N) is 1. The summed E-state index contributed by atoms with van der Waals surface area (Å²) in [6.07, 6.45) is 0.789. The number of aromatic carboxylic acids is 1. The second-order valence-electron chi connectivity index (χ2n) is 3.87. The third kappa shape index (κ3) is 4.09. The van der Waals surface area contributed by atoms with Gasteiger partial charge in [0, 0.05) is 12.6 Å². The Morgan fingerprint density at radius 3 is 2.68 bits per heavy atom. The van der Waals surface area contributed by atoms with Crippen LogP contribution in [-0.4, -0.2) is 40.6 Å². The van der Waals surface area contributed by atoms with Crippen molar-refractivity contribution in [1.82, 2.24) is 15.8 Å². The first-order valence-electron chi connectivity index (χ1n) is 5.74. The highest BCUT2D eigenvalue weighted by molar-refractivity contribution is 5.97. The highest BCUT2D eigenvalue weighted by Crippen LogP contribution is 2.03. The van der Waals surface area contributed by atoms with Crippen LogP contribution >= 0.6 is 0 Å². The maximum Gasteiger partial charge on any atom is 0.374 e. The Bertz CT molecular complexity index is 482. The fourth-order valence-electron chi connectivity index (χ4n) is 1.22. The lowest BCUT2D eigenvalue weighted by atomic mass is 10.2. The molecule has 2 amide bonds. The molecule has 0 aliphatic heterocycles. The van der Waals surface area contributed by atoms with E-state index in [1.165, 1.54) is 6.92 Å². The second kappa shape index (κ2) is 6.53. The zero-order valence-electron chi connectivity index (χ0n) is 10.6. The summed E-state index contributed by atoms with van der Waals surface area (Å²) < 4.78 is 4.44. The lowest BCUT2D eigenvalue weighted by Crippen LogP contribution is -2.45. The molecule has 8 heteroatoms. The standard InChI is InChI=1S/C11H15N3O5/c1-3-4-12-9(15)6(2)13-10(16)7-5-8(11(17)18)19-14-7/h5-6H,3-4H2,1-2H3,(H,12,15)(H,13,16)(H,17,18). The third-order valence-electron chi connectivity index (χ3n) is 2.24. The van der Waals surface area contributed by atoms with E-state index in [0.717, 1.165) is 12.5 Å². The number of hydrogen-bond acceptors (Lipinski definition) is 5. The zero-order chi connectivity index (χ0) is 14.4. The normalized spacial score (nSPS) is 11.7. The number of amides is 2. The fourth-order valence-corrected chi connectivity index (χ4v) is 1.22. The Morgan fingerprint density at radius 2 is 2.16 bits per heavy atom. The number of rotatable bonds is 6. The van der Waals surface area contributed by atoms with Crippen LogP contribution in [0.4, 0.5) is 0 Å². The van der Waals surface area contributed by atoms with Gasteiger partial charge in [0.15, 0.2) is 5.69 Å². The van der Waals surface area contributed by atoms with Gasteiger partial charge in [-0.1, -0.05) is 12.1 Å². The molecular formula is C11H15N3O5. The third-order valence-corrected chi connectivity index (χ3v) is 2.24. The van der Waals surface area contributed by atoms with E-state index in [4.69, 9.17) is 5.11 Å². The summed E-state index contributed by atoms with van der Waals surface area (Å²) in [4.78, 5) is 33.7. The van der Waals surface area contributed by atoms with E-state index < -0.39 is 23.7 Å². The molecule has 1 heterocycles. The van der Waals surface area contributed by atoms with Crippen LogP contribution in [0.1, 0.15) is 41.3 Å². The lowest BCUT2D eigenvalue weighted by molar-refractivity contribution is -0.122. The molecule has 3 N–H and O–H groups in total. The molecule has 0 spiro atoms. The number of hydrogen-bond donors (Lipinski definition) is 3. The molecule has 1 aromatic heterocycles. The molecule has 0 fully saturated rings. The Kier molecular flexibility index (Phi) is 5.04. The first kappa shape index (κ1) is 14.7. The predicted octanol–water partition coefficient (Wildman–Crippen LogP) is 0.0173. The number of carboxylic acid groups (broad SMARTS) is 1. The number of aromatic nitrogens is 1. The van der Waals surface area contributed by atoms with Gasteiger partial charge in [-0.25, -0.2) is 4.79 Å². The lowest BCUT2D eigenvalue weighted by Gasteiger charge is -2.12. The maximum absolute atomic E-state index is 11.7. The predicted molar refractivity (Wildman–Crippen MR) is 63.7 cm³/mol. The van der Waals surface area contributed by atoms with Crippen molar-refractivity contribution in [3.8, 4) is 0 Å². The van der Waals surface area contributed by atoms with Gasteiger partial charge in [0.25, 0.3) is 5.91 Å². The van der Waals surface area contributed by atoms with Crippen molar-refractivity contribution in [2.45, 2.75) is 26.3 Å². The van der Waals surface area contributed by atoms with Gasteiger partial charge in [0.1, 0.15) is 6.04 Å². The Balaban J connectivity index is 2.58. The van der Waals surface area contributed by atoms with E-state index in [1.807, 2.05) is 6.92 Å². The van der Waals surface area contributed by atoms with E-state index in [-0.39, 0.29) is 11.6 Å². The van der Waals surface area contributed by atoms with Gasteiger partial charge in [-0.05, 0) is 13.3 Å². The average molecular weight is 269 g/mol. The van der Waals surface area contributed by atoms with E-state index in [9.17, 15) is 14.4 Å². The molecule has 0 aromatic carbocycles. The van der Waals surface area contributed by atoms with Crippen molar-refractivity contribution in [3.63, 3.8) is 0 Å². The van der Waals surface area contributed by atoms with Crippen LogP contribution in [0.2, 0.25) is 0 Å². The van der Waals surface area contributed by atoms with Crippen LogP contribution in [0, 0.1) is 0 Å². The summed E-state index contributed by atoms with van der Waals surface area (Å²) in [5.41, 5.74) is -0.187. The minimum absolute atomic E-state index is 0.187. The maximum atomic E-state index is 11.7. The Morgan fingerprint density at radius 1 is 1.47 bits per heavy atom. The van der Waals surface area contributed by atoms with Crippen molar-refractivity contribution in [2.24, 2.45) is 0 Å². The zero-order valence-corrected chi connectivity index (χ0v) is 10.6. The van der Waals surface area contributed by atoms with E-state index in [1.54, 1.807) is 0 Å². The summed E-state index contributed by atoms with van der Waals surface area (Å²) in [6, 6.07) is 0.248. The first-order valence-corrected chi connectivity index (χ1v) is 5.74. The second-order valence-corrected chi connectivity index (χ2v) is 3.87. The van der Waals surface area contributed by atoms with Gasteiger partial charge in [0.05, 0.1) is 0 Å². The van der Waals surface area contributed by atoms with Gasteiger partial charge < -0.3 is 20.3 Å². The molecule has 104 valence electrons. The number of carbonyl (C=O) groups excluding carboxylic acids is 2. The smallest absolute Gasteiger partial charge is 0.374 e. The summed E-state index contributed by atoms with van der Waals surface area (Å²) in [7, 11) is 0. The molecule has 1 atom stereocenters. The fraction of sp³-hybridized carbons (Fsp3) is 0.455. The highest BCUT2D eigenvalue weighted by atomic mass is 16.5. The van der Waals surface area contributed by atoms with Crippen LogP contribution in [0.15, 0.2) is 10.6 Å². The average Bonchev–Trinajstić information content (AvgIpc) is 2.85. The SMILES string of the molecule is CCCNC(=O)C(C)NC(=O)c1cc(C(=O)O)on1. The topological polar surface area (TPSA) is 122 Å². The van der Waals surface area contributed by atoms with E-state index in [0.29, 0.717) is 6.54 Å². The van der Waals surface area contributed by atoms with Gasteiger partial charge in [-0.15, -0.1) is 0 Å². The van der Waals surface area contributed by atoms with E-state index in [2.05, 4.69) is 20.3 Å². The van der Waals surface area contributed by atoms with Gasteiger partial charge in [-0.2, -0.15) is 0 Å². The molecule has 19 heavy (non-hydrogen) atoms. The van der Waals surface area contributed by atoms with Crippen LogP contribution < -0.4 is 10.6 Å². The number of nitrogens with one attached hydrogen (secondary N) is 2. The molecule has 0 saturated heterocycles. The van der Waals surface area contributed by atoms with Crippen LogP contribution in [0.5, 0.6) is 0 Å². The molecule has 8 nitrogen and oxygen atoms in total. The van der Waals surface area contributed by atoms with Crippen LogP contribution in [0.3, 0.4) is 0 Å². The van der Waals surface area contributed by atoms with Crippen molar-refractivity contribution >= 4 is 17.8 Å². The van der Waals surface area contributed by atoms with Crippen molar-refractivity contribution in [2.75, 3.05) is 6.54 Å². The first-order chi connectivity index (χ1) is 8.95. The molecule has 0 saturated carbocycles. The van der Waals surface area contributed by atoms with Crippen molar-refractivity contribution < 1.29 is 24.0 Å². The number of carbonyl (C=O) groups is 3. The van der Waals surface area contributed by atoms with Gasteiger partial charge in [0.2, 0.25) is 11.7 Å². The minimum Gasteiger partial charge on any atom is -0.475 e. The molecule has 1 rings (SSSR count). The quantitative estimate of drug-likeness (QED) is 0.669. The molecule has 1 unspecified atom stereocenters. The molecule has 0 aliphatic carbocycles. The minimum atomic E-state index is -1.32. The van der Waals surface area contributed by atoms with E-state index >= 15 is 0 Å². The molecule has 0 bridgehead atoms. The Labute approximate surface area is 109 Å². The Hall–Kier alpha value is -2.38.